The Morgan fingerprint density at radius 1 is 1.04 bits per heavy atom. The van der Waals surface area contributed by atoms with E-state index >= 15 is 0 Å². The van der Waals surface area contributed by atoms with Crippen LogP contribution in [-0.4, -0.2) is 27.6 Å². The summed E-state index contributed by atoms with van der Waals surface area (Å²) in [6.07, 6.45) is 1.11. The van der Waals surface area contributed by atoms with Crippen molar-refractivity contribution in [1.82, 2.24) is 5.32 Å². The Bertz CT molecular complexity index is 913. The number of nitrogens with zero attached hydrogens (tertiary/aromatic N) is 1. The Balaban J connectivity index is 2.23. The minimum atomic E-state index is -3.46. The predicted octanol–water partition coefficient (Wildman–Crippen LogP) is 3.87. The second-order valence-corrected chi connectivity index (χ2v) is 9.83. The van der Waals surface area contributed by atoms with E-state index in [2.05, 4.69) is 38.2 Å². The first-order valence-corrected chi connectivity index (χ1v) is 10.7. The lowest BCUT2D eigenvalue weighted by molar-refractivity contribution is 0.0940. The number of sulfonamides is 1. The van der Waals surface area contributed by atoms with Crippen molar-refractivity contribution in [2.45, 2.75) is 39.2 Å². The van der Waals surface area contributed by atoms with E-state index in [1.54, 1.807) is 24.3 Å². The summed E-state index contributed by atoms with van der Waals surface area (Å²) in [6, 6.07) is 14.6. The van der Waals surface area contributed by atoms with Gasteiger partial charge in [0.2, 0.25) is 10.0 Å². The highest BCUT2D eigenvalue weighted by atomic mass is 32.2. The Labute approximate surface area is 162 Å². The molecule has 0 fully saturated rings. The summed E-state index contributed by atoms with van der Waals surface area (Å²) in [5.74, 6) is -0.312. The number of carbonyl (C=O) groups is 1. The zero-order chi connectivity index (χ0) is 20.4. The molecule has 5 nitrogen and oxygen atoms in total. The third-order valence-corrected chi connectivity index (χ3v) is 5.80. The van der Waals surface area contributed by atoms with E-state index in [4.69, 9.17) is 0 Å². The third-order valence-electron chi connectivity index (χ3n) is 4.61. The van der Waals surface area contributed by atoms with E-state index in [9.17, 15) is 13.2 Å². The van der Waals surface area contributed by atoms with Crippen molar-refractivity contribution in [2.24, 2.45) is 0 Å². The molecule has 0 aliphatic rings. The van der Waals surface area contributed by atoms with E-state index in [0.29, 0.717) is 11.3 Å². The maximum absolute atomic E-state index is 12.8. The summed E-state index contributed by atoms with van der Waals surface area (Å²) in [7, 11) is -2.02. The summed E-state index contributed by atoms with van der Waals surface area (Å²) in [5, 5.41) is 2.96. The molecule has 0 saturated carbocycles. The highest BCUT2D eigenvalue weighted by Crippen LogP contribution is 2.25. The normalized spacial score (nSPS) is 13.1. The van der Waals surface area contributed by atoms with E-state index in [-0.39, 0.29) is 17.4 Å². The maximum Gasteiger partial charge on any atom is 0.253 e. The highest BCUT2D eigenvalue weighted by Gasteiger charge is 2.21. The third kappa shape index (κ3) is 5.10. The van der Waals surface area contributed by atoms with Gasteiger partial charge in [0, 0.05) is 7.05 Å². The van der Waals surface area contributed by atoms with Crippen LogP contribution in [0.1, 0.15) is 55.2 Å². The van der Waals surface area contributed by atoms with Gasteiger partial charge in [0.05, 0.1) is 23.5 Å². The Morgan fingerprint density at radius 3 is 2.11 bits per heavy atom. The average molecular weight is 389 g/mol. The van der Waals surface area contributed by atoms with Gasteiger partial charge < -0.3 is 5.32 Å². The molecule has 0 saturated heterocycles. The first-order chi connectivity index (χ1) is 12.4. The van der Waals surface area contributed by atoms with Crippen LogP contribution in [0, 0.1) is 0 Å². The minimum Gasteiger partial charge on any atom is -0.345 e. The molecule has 0 aliphatic carbocycles. The van der Waals surface area contributed by atoms with Gasteiger partial charge in [-0.15, -0.1) is 0 Å². The van der Waals surface area contributed by atoms with E-state index in [1.165, 1.54) is 12.6 Å². The number of hydrogen-bond donors (Lipinski definition) is 1. The molecular weight excluding hydrogens is 360 g/mol. The minimum absolute atomic E-state index is 0.0696. The topological polar surface area (TPSA) is 66.5 Å². The number of benzene rings is 2. The number of para-hydroxylation sites is 1. The zero-order valence-electron chi connectivity index (χ0n) is 16.8. The van der Waals surface area contributed by atoms with Crippen LogP contribution >= 0.6 is 0 Å². The zero-order valence-corrected chi connectivity index (χ0v) is 17.6. The predicted molar refractivity (Wildman–Crippen MR) is 111 cm³/mol. The monoisotopic (exact) mass is 388 g/mol. The van der Waals surface area contributed by atoms with Gasteiger partial charge >= 0.3 is 0 Å². The Hall–Kier alpha value is -2.34. The molecule has 0 aliphatic heterocycles. The molecule has 146 valence electrons. The van der Waals surface area contributed by atoms with Crippen LogP contribution < -0.4 is 9.62 Å². The van der Waals surface area contributed by atoms with Crippen LogP contribution in [0.4, 0.5) is 5.69 Å². The van der Waals surface area contributed by atoms with Crippen LogP contribution in [0.3, 0.4) is 0 Å². The van der Waals surface area contributed by atoms with Gasteiger partial charge in [-0.2, -0.15) is 0 Å². The summed E-state index contributed by atoms with van der Waals surface area (Å²) in [4.78, 5) is 12.8. The molecule has 27 heavy (non-hydrogen) atoms. The summed E-state index contributed by atoms with van der Waals surface area (Å²) >= 11 is 0. The van der Waals surface area contributed by atoms with Crippen molar-refractivity contribution in [2.75, 3.05) is 17.6 Å². The highest BCUT2D eigenvalue weighted by molar-refractivity contribution is 7.92. The standard InChI is InChI=1S/C21H28N2O3S/c1-15(16-11-13-17(14-12-16)21(2,3)4)22-20(24)18-9-7-8-10-19(18)23(5)27(6,25)26/h7-15H,1-6H3,(H,22,24). The molecule has 0 heterocycles. The van der Waals surface area contributed by atoms with Crippen molar-refractivity contribution in [3.05, 3.63) is 65.2 Å². The quantitative estimate of drug-likeness (QED) is 0.845. The number of carbonyl (C=O) groups excluding carboxylic acids is 1. The lowest BCUT2D eigenvalue weighted by Crippen LogP contribution is -2.31. The molecule has 0 aromatic heterocycles. The average Bonchev–Trinajstić information content (AvgIpc) is 2.59. The Morgan fingerprint density at radius 2 is 1.59 bits per heavy atom. The number of nitrogens with one attached hydrogen (secondary N) is 1. The van der Waals surface area contributed by atoms with Crippen LogP contribution in [0.5, 0.6) is 0 Å². The van der Waals surface area contributed by atoms with Crippen LogP contribution in [0.2, 0.25) is 0 Å². The fourth-order valence-corrected chi connectivity index (χ4v) is 3.26. The van der Waals surface area contributed by atoms with Crippen molar-refractivity contribution < 1.29 is 13.2 Å². The van der Waals surface area contributed by atoms with Gasteiger partial charge in [0.25, 0.3) is 5.91 Å². The summed E-state index contributed by atoms with van der Waals surface area (Å²) in [5.41, 5.74) is 2.96. The van der Waals surface area contributed by atoms with Gasteiger partial charge in [0.15, 0.2) is 0 Å². The summed E-state index contributed by atoms with van der Waals surface area (Å²) in [6.45, 7) is 8.38. The molecule has 0 radical (unpaired) electrons. The van der Waals surface area contributed by atoms with Gasteiger partial charge in [-0.3, -0.25) is 9.10 Å². The molecular formula is C21H28N2O3S. The van der Waals surface area contributed by atoms with Crippen molar-refractivity contribution in [3.8, 4) is 0 Å². The fourth-order valence-electron chi connectivity index (χ4n) is 2.75. The summed E-state index contributed by atoms with van der Waals surface area (Å²) < 4.78 is 24.8. The molecule has 0 spiro atoms. The fraction of sp³-hybridized carbons (Fsp3) is 0.381. The van der Waals surface area contributed by atoms with Gasteiger partial charge in [-0.25, -0.2) is 8.42 Å². The van der Waals surface area contributed by atoms with Gasteiger partial charge in [0.1, 0.15) is 0 Å². The molecule has 1 unspecified atom stereocenters. The first-order valence-electron chi connectivity index (χ1n) is 8.85. The first kappa shape index (κ1) is 21.0. The number of anilines is 1. The molecule has 6 heteroatoms. The smallest absolute Gasteiger partial charge is 0.253 e. The molecule has 2 aromatic rings. The van der Waals surface area contributed by atoms with E-state index in [0.717, 1.165) is 16.1 Å². The van der Waals surface area contributed by atoms with E-state index < -0.39 is 10.0 Å². The lowest BCUT2D eigenvalue weighted by atomic mass is 9.86. The second kappa shape index (κ2) is 7.72. The molecule has 1 amide bonds. The number of rotatable bonds is 5. The number of hydrogen-bond acceptors (Lipinski definition) is 3. The Kier molecular flexibility index (Phi) is 6.00. The molecule has 2 aromatic carbocycles. The van der Waals surface area contributed by atoms with Crippen LogP contribution in [0.25, 0.3) is 0 Å². The van der Waals surface area contributed by atoms with Gasteiger partial charge in [-0.1, -0.05) is 57.2 Å². The van der Waals surface area contributed by atoms with Crippen LogP contribution in [-0.2, 0) is 15.4 Å². The maximum atomic E-state index is 12.8. The molecule has 2 rings (SSSR count). The number of amides is 1. The van der Waals surface area contributed by atoms with Crippen LogP contribution in [0.15, 0.2) is 48.5 Å². The molecule has 0 bridgehead atoms. The van der Waals surface area contributed by atoms with Crippen molar-refractivity contribution in [1.29, 1.82) is 0 Å². The van der Waals surface area contributed by atoms with E-state index in [1.807, 2.05) is 19.1 Å². The lowest BCUT2D eigenvalue weighted by Gasteiger charge is -2.22. The van der Waals surface area contributed by atoms with Crippen molar-refractivity contribution >= 4 is 21.6 Å². The van der Waals surface area contributed by atoms with Crippen molar-refractivity contribution in [3.63, 3.8) is 0 Å². The molecule has 1 atom stereocenters. The second-order valence-electron chi connectivity index (χ2n) is 7.81. The molecule has 1 N–H and O–H groups in total. The van der Waals surface area contributed by atoms with Gasteiger partial charge in [-0.05, 0) is 35.6 Å². The SMILES string of the molecule is CC(NC(=O)c1ccccc1N(C)S(C)(=O)=O)c1ccc(C(C)(C)C)cc1. The largest absolute Gasteiger partial charge is 0.345 e.